The van der Waals surface area contributed by atoms with E-state index in [0.29, 0.717) is 11.3 Å². The quantitative estimate of drug-likeness (QED) is 0.691. The highest BCUT2D eigenvalue weighted by atomic mass is 32.2. The number of hydrogen-bond donors (Lipinski definition) is 2. The summed E-state index contributed by atoms with van der Waals surface area (Å²) < 4.78 is 51.4. The fraction of sp³-hybridized carbons (Fsp3) is 0.308. The van der Waals surface area contributed by atoms with Crippen LogP contribution in [0.5, 0.6) is 0 Å². The maximum absolute atomic E-state index is 12.1. The number of sulfonamides is 1. The van der Waals surface area contributed by atoms with Crippen molar-refractivity contribution in [2.75, 3.05) is 6.61 Å². The second-order valence-electron chi connectivity index (χ2n) is 5.33. The second-order valence-corrected chi connectivity index (χ2v) is 9.77. The third-order valence-corrected chi connectivity index (χ3v) is 6.97. The van der Waals surface area contributed by atoms with E-state index in [1.807, 2.05) is 6.92 Å². The molecule has 0 radical (unpaired) electrons. The third kappa shape index (κ3) is 4.37. The summed E-state index contributed by atoms with van der Waals surface area (Å²) >= 11 is 0.646. The number of thiazole rings is 1. The van der Waals surface area contributed by atoms with Crippen molar-refractivity contribution in [2.45, 2.75) is 28.6 Å². The Bertz CT molecular complexity index is 930. The first-order chi connectivity index (χ1) is 10.9. The van der Waals surface area contributed by atoms with Gasteiger partial charge in [-0.05, 0) is 26.0 Å². The van der Waals surface area contributed by atoms with Crippen LogP contribution in [-0.2, 0) is 29.9 Å². The van der Waals surface area contributed by atoms with E-state index in [4.69, 9.17) is 9.32 Å². The molecule has 8 nitrogen and oxygen atoms in total. The van der Waals surface area contributed by atoms with Gasteiger partial charge in [-0.2, -0.15) is 8.42 Å². The molecule has 1 unspecified atom stereocenters. The monoisotopic (exact) mass is 392 g/mol. The highest BCUT2D eigenvalue weighted by molar-refractivity contribution is 7.91. The lowest BCUT2D eigenvalue weighted by Crippen LogP contribution is -2.29. The summed E-state index contributed by atoms with van der Waals surface area (Å²) in [6.45, 7) is 2.46. The number of nitrogens with two attached hydrogens (primary N) is 1. The van der Waals surface area contributed by atoms with E-state index in [1.54, 1.807) is 12.1 Å². The van der Waals surface area contributed by atoms with Crippen molar-refractivity contribution in [1.29, 1.82) is 0 Å². The van der Waals surface area contributed by atoms with Gasteiger partial charge in [-0.1, -0.05) is 17.7 Å². The second kappa shape index (κ2) is 6.50. The van der Waals surface area contributed by atoms with Gasteiger partial charge in [-0.3, -0.25) is 4.18 Å². The van der Waals surface area contributed by atoms with Gasteiger partial charge in [0.25, 0.3) is 10.1 Å². The zero-order valence-corrected chi connectivity index (χ0v) is 15.3. The van der Waals surface area contributed by atoms with Gasteiger partial charge < -0.3 is 5.11 Å². The van der Waals surface area contributed by atoms with Gasteiger partial charge in [0.05, 0.1) is 11.1 Å². The number of aryl methyl sites for hydroxylation is 1. The number of aliphatic hydroxyl groups is 1. The molecule has 1 aromatic heterocycles. The first-order valence-corrected chi connectivity index (χ1v) is 10.4. The van der Waals surface area contributed by atoms with Crippen molar-refractivity contribution in [1.82, 2.24) is 4.98 Å². The predicted octanol–water partition coefficient (Wildman–Crippen LogP) is 0.712. The molecule has 0 aliphatic rings. The number of rotatable bonds is 6. The molecule has 24 heavy (non-hydrogen) atoms. The van der Waals surface area contributed by atoms with Gasteiger partial charge in [-0.15, -0.1) is 11.3 Å². The molecular formula is C13H16N2O6S3. The highest BCUT2D eigenvalue weighted by Crippen LogP contribution is 2.29. The summed E-state index contributed by atoms with van der Waals surface area (Å²) in [5.74, 6) is 0. The minimum absolute atomic E-state index is 0.0226. The highest BCUT2D eigenvalue weighted by Gasteiger charge is 2.31. The van der Waals surface area contributed by atoms with Crippen molar-refractivity contribution in [2.24, 2.45) is 5.14 Å². The lowest BCUT2D eigenvalue weighted by Gasteiger charge is -2.20. The van der Waals surface area contributed by atoms with E-state index >= 15 is 0 Å². The summed E-state index contributed by atoms with van der Waals surface area (Å²) in [6, 6.07) is 6.02. The maximum Gasteiger partial charge on any atom is 0.297 e. The fourth-order valence-corrected chi connectivity index (χ4v) is 4.24. The molecule has 1 atom stereocenters. The molecular weight excluding hydrogens is 376 g/mol. The van der Waals surface area contributed by atoms with Crippen LogP contribution in [0.4, 0.5) is 0 Å². The van der Waals surface area contributed by atoms with Gasteiger partial charge in [0.15, 0.2) is 4.21 Å². The SMILES string of the molecule is Cc1ccc(S(=O)(=O)OCC(C)(O)c2ncc(S(N)(=O)=O)s2)cc1. The van der Waals surface area contributed by atoms with Crippen LogP contribution in [0.2, 0.25) is 0 Å². The summed E-state index contributed by atoms with van der Waals surface area (Å²) in [7, 11) is -8.01. The van der Waals surface area contributed by atoms with Crippen LogP contribution >= 0.6 is 11.3 Å². The van der Waals surface area contributed by atoms with Crippen molar-refractivity contribution < 1.29 is 26.1 Å². The van der Waals surface area contributed by atoms with Crippen molar-refractivity contribution in [3.63, 3.8) is 0 Å². The van der Waals surface area contributed by atoms with Crippen LogP contribution in [0.15, 0.2) is 39.6 Å². The van der Waals surface area contributed by atoms with Gasteiger partial charge in [0.2, 0.25) is 10.0 Å². The van der Waals surface area contributed by atoms with Crippen LogP contribution in [-0.4, -0.2) is 33.5 Å². The molecule has 0 saturated carbocycles. The van der Waals surface area contributed by atoms with Crippen molar-refractivity contribution in [3.05, 3.63) is 41.0 Å². The van der Waals surface area contributed by atoms with E-state index in [1.165, 1.54) is 19.1 Å². The predicted molar refractivity (Wildman–Crippen MR) is 87.4 cm³/mol. The van der Waals surface area contributed by atoms with Crippen LogP contribution in [0, 0.1) is 6.92 Å². The number of hydrogen-bond acceptors (Lipinski definition) is 8. The fourth-order valence-electron chi connectivity index (χ4n) is 1.67. The molecule has 132 valence electrons. The van der Waals surface area contributed by atoms with Crippen LogP contribution in [0.25, 0.3) is 0 Å². The Kier molecular flexibility index (Phi) is 5.14. The molecule has 0 bridgehead atoms. The lowest BCUT2D eigenvalue weighted by molar-refractivity contribution is 0.00956. The Labute approximate surface area is 144 Å². The van der Waals surface area contributed by atoms with E-state index in [9.17, 15) is 21.9 Å². The molecule has 0 amide bonds. The summed E-state index contributed by atoms with van der Waals surface area (Å²) in [5, 5.41) is 15.3. The van der Waals surface area contributed by atoms with Gasteiger partial charge >= 0.3 is 0 Å². The Morgan fingerprint density at radius 1 is 1.25 bits per heavy atom. The van der Waals surface area contributed by atoms with E-state index in [-0.39, 0.29) is 14.1 Å². The van der Waals surface area contributed by atoms with E-state index < -0.39 is 32.3 Å². The Balaban J connectivity index is 2.17. The molecule has 0 aliphatic heterocycles. The number of benzene rings is 1. The Hall–Kier alpha value is -1.37. The minimum atomic E-state index is -4.07. The molecule has 0 spiro atoms. The van der Waals surface area contributed by atoms with Crippen LogP contribution in [0.1, 0.15) is 17.5 Å². The molecule has 0 saturated heterocycles. The Morgan fingerprint density at radius 3 is 2.33 bits per heavy atom. The molecule has 1 heterocycles. The van der Waals surface area contributed by atoms with E-state index in [0.717, 1.165) is 11.8 Å². The number of aromatic nitrogens is 1. The number of nitrogens with zero attached hydrogens (tertiary/aromatic N) is 1. The standard InChI is InChI=1S/C13H16N2O6S3/c1-9-3-5-10(6-4-9)24(19,20)21-8-13(2,16)12-15-7-11(22-12)23(14,17)18/h3-7,16H,8H2,1-2H3,(H2,14,17,18). The molecule has 11 heteroatoms. The minimum Gasteiger partial charge on any atom is -0.380 e. The van der Waals surface area contributed by atoms with Gasteiger partial charge in [-0.25, -0.2) is 18.5 Å². The topological polar surface area (TPSA) is 137 Å². The maximum atomic E-state index is 12.1. The molecule has 3 N–H and O–H groups in total. The van der Waals surface area contributed by atoms with E-state index in [2.05, 4.69) is 4.98 Å². The molecule has 0 fully saturated rings. The lowest BCUT2D eigenvalue weighted by atomic mass is 10.1. The number of primary sulfonamides is 1. The Morgan fingerprint density at radius 2 is 1.83 bits per heavy atom. The normalized spacial score (nSPS) is 15.2. The smallest absolute Gasteiger partial charge is 0.297 e. The van der Waals surface area contributed by atoms with Crippen molar-refractivity contribution in [3.8, 4) is 0 Å². The largest absolute Gasteiger partial charge is 0.380 e. The summed E-state index contributed by atoms with van der Waals surface area (Å²) in [5.41, 5.74) is -0.912. The van der Waals surface area contributed by atoms with Crippen LogP contribution in [0.3, 0.4) is 0 Å². The molecule has 0 aliphatic carbocycles. The average molecular weight is 392 g/mol. The molecule has 2 aromatic rings. The molecule has 1 aromatic carbocycles. The zero-order valence-electron chi connectivity index (χ0n) is 12.8. The average Bonchev–Trinajstić information content (AvgIpc) is 2.97. The summed E-state index contributed by atoms with van der Waals surface area (Å²) in [6.07, 6.45) is 0.998. The van der Waals surface area contributed by atoms with Crippen molar-refractivity contribution >= 4 is 31.5 Å². The first kappa shape index (κ1) is 19.0. The van der Waals surface area contributed by atoms with Gasteiger partial charge in [0, 0.05) is 0 Å². The zero-order chi connectivity index (χ0) is 18.2. The van der Waals surface area contributed by atoms with Gasteiger partial charge in [0.1, 0.15) is 17.2 Å². The van der Waals surface area contributed by atoms with Crippen LogP contribution < -0.4 is 5.14 Å². The first-order valence-electron chi connectivity index (χ1n) is 6.59. The third-order valence-electron chi connectivity index (χ3n) is 3.03. The summed E-state index contributed by atoms with van der Waals surface area (Å²) in [4.78, 5) is 3.73. The molecule has 2 rings (SSSR count).